The van der Waals surface area contributed by atoms with Gasteiger partial charge in [0.2, 0.25) is 23.6 Å². The Labute approximate surface area is 239 Å². The van der Waals surface area contributed by atoms with Gasteiger partial charge in [-0.05, 0) is 36.1 Å². The summed E-state index contributed by atoms with van der Waals surface area (Å²) in [6.45, 7) is 2.33. The third kappa shape index (κ3) is 8.54. The van der Waals surface area contributed by atoms with Crippen LogP contribution in [0.2, 0.25) is 0 Å². The Morgan fingerprint density at radius 1 is 0.951 bits per heavy atom. The number of nitrogens with zero attached hydrogens (tertiary/aromatic N) is 2. The lowest BCUT2D eigenvalue weighted by Crippen LogP contribution is -2.49. The van der Waals surface area contributed by atoms with Crippen molar-refractivity contribution in [2.24, 2.45) is 0 Å². The smallest absolute Gasteiger partial charge is 0.255 e. The number of fused-ring (bicyclic) bond motifs is 1. The number of hydrogen-bond acceptors (Lipinski definition) is 6. The molecule has 1 atom stereocenters. The van der Waals surface area contributed by atoms with Crippen molar-refractivity contribution in [1.29, 1.82) is 0 Å². The number of carbonyl (C=O) groups is 5. The maximum absolute atomic E-state index is 13.2. The highest BCUT2D eigenvalue weighted by Gasteiger charge is 2.26. The zero-order valence-corrected chi connectivity index (χ0v) is 23.3. The predicted molar refractivity (Wildman–Crippen MR) is 151 cm³/mol. The summed E-state index contributed by atoms with van der Waals surface area (Å²) in [4.78, 5) is 66.7. The van der Waals surface area contributed by atoms with Crippen LogP contribution in [0.3, 0.4) is 0 Å². The fourth-order valence-electron chi connectivity index (χ4n) is 4.72. The lowest BCUT2D eigenvalue weighted by molar-refractivity contribution is -0.130. The lowest BCUT2D eigenvalue weighted by atomic mass is 10.1. The van der Waals surface area contributed by atoms with Crippen molar-refractivity contribution in [2.45, 2.75) is 51.2 Å². The first-order valence-electron chi connectivity index (χ1n) is 14.0. The average molecular weight is 564 g/mol. The fourth-order valence-corrected chi connectivity index (χ4v) is 4.72. The van der Waals surface area contributed by atoms with Crippen LogP contribution in [-0.4, -0.2) is 78.7 Å². The minimum absolute atomic E-state index is 0.0733. The van der Waals surface area contributed by atoms with Crippen molar-refractivity contribution < 1.29 is 28.7 Å². The Hall–Kier alpha value is -4.41. The van der Waals surface area contributed by atoms with Gasteiger partial charge in [0.15, 0.2) is 0 Å². The molecular weight excluding hydrogens is 526 g/mol. The highest BCUT2D eigenvalue weighted by molar-refractivity contribution is 6.00. The second-order valence-corrected chi connectivity index (χ2v) is 10.3. The molecule has 11 heteroatoms. The number of hydrogen-bond donors (Lipinski definition) is 3. The molecule has 2 aromatic carbocycles. The summed E-state index contributed by atoms with van der Waals surface area (Å²) in [6.07, 6.45) is 1.92. The zero-order valence-electron chi connectivity index (χ0n) is 23.3. The summed E-state index contributed by atoms with van der Waals surface area (Å²) < 4.78 is 5.80. The van der Waals surface area contributed by atoms with Gasteiger partial charge in [0, 0.05) is 46.1 Å². The van der Waals surface area contributed by atoms with E-state index in [1.165, 1.54) is 0 Å². The van der Waals surface area contributed by atoms with E-state index in [1.807, 2.05) is 29.2 Å². The van der Waals surface area contributed by atoms with E-state index in [0.717, 1.165) is 24.1 Å². The Bertz CT molecular complexity index is 1260. The van der Waals surface area contributed by atoms with E-state index < -0.39 is 23.8 Å². The van der Waals surface area contributed by atoms with Crippen LogP contribution < -0.4 is 20.7 Å². The third-order valence-corrected chi connectivity index (χ3v) is 7.18. The van der Waals surface area contributed by atoms with Crippen LogP contribution in [0.25, 0.3) is 0 Å². The molecule has 4 rings (SSSR count). The number of para-hydroxylation sites is 1. The number of likely N-dealkylation sites (N-methyl/N-ethyl adjacent to an activating group) is 1. The summed E-state index contributed by atoms with van der Waals surface area (Å²) in [5.41, 5.74) is 2.07. The number of benzene rings is 2. The number of rotatable bonds is 5. The van der Waals surface area contributed by atoms with Gasteiger partial charge in [0.25, 0.3) is 5.91 Å². The molecule has 2 aromatic rings. The molecule has 1 fully saturated rings. The number of amides is 5. The monoisotopic (exact) mass is 563 g/mol. The molecule has 2 aliphatic heterocycles. The van der Waals surface area contributed by atoms with E-state index in [-0.39, 0.29) is 49.9 Å². The maximum atomic E-state index is 13.2. The molecule has 0 aromatic heterocycles. The minimum Gasteiger partial charge on any atom is -0.491 e. The van der Waals surface area contributed by atoms with Crippen molar-refractivity contribution >= 4 is 29.5 Å². The third-order valence-electron chi connectivity index (χ3n) is 7.18. The van der Waals surface area contributed by atoms with E-state index in [2.05, 4.69) is 16.0 Å². The predicted octanol–water partition coefficient (Wildman–Crippen LogP) is 1.36. The van der Waals surface area contributed by atoms with Crippen LogP contribution in [0, 0.1) is 0 Å². The highest BCUT2D eigenvalue weighted by atomic mass is 16.5. The Morgan fingerprint density at radius 2 is 1.68 bits per heavy atom. The molecule has 5 amide bonds. The van der Waals surface area contributed by atoms with Crippen molar-refractivity contribution in [3.63, 3.8) is 0 Å². The number of nitrogens with one attached hydrogen (secondary N) is 3. The normalized spacial score (nSPS) is 19.2. The average Bonchev–Trinajstić information content (AvgIpc) is 3.37. The largest absolute Gasteiger partial charge is 0.491 e. The minimum atomic E-state index is -1.13. The highest BCUT2D eigenvalue weighted by Crippen LogP contribution is 2.19. The zero-order chi connectivity index (χ0) is 29.2. The maximum Gasteiger partial charge on any atom is 0.255 e. The molecule has 0 saturated carbocycles. The Balaban J connectivity index is 1.42. The van der Waals surface area contributed by atoms with Gasteiger partial charge < -0.3 is 30.5 Å². The second kappa shape index (κ2) is 14.3. The molecule has 0 radical (unpaired) electrons. The molecular formula is C30H37N5O6. The van der Waals surface area contributed by atoms with Gasteiger partial charge in [-0.2, -0.15) is 0 Å². The van der Waals surface area contributed by atoms with E-state index in [9.17, 15) is 24.0 Å². The Morgan fingerprint density at radius 3 is 2.44 bits per heavy atom. The Kier molecular flexibility index (Phi) is 10.3. The molecule has 3 N–H and O–H groups in total. The first-order valence-corrected chi connectivity index (χ1v) is 14.0. The first kappa shape index (κ1) is 29.6. The topological polar surface area (TPSA) is 137 Å². The summed E-state index contributed by atoms with van der Waals surface area (Å²) >= 11 is 0. The summed E-state index contributed by atoms with van der Waals surface area (Å²) in [5.74, 6) is -1.06. The summed E-state index contributed by atoms with van der Waals surface area (Å²) in [6, 6.07) is 13.1. The van der Waals surface area contributed by atoms with Crippen molar-refractivity contribution in [3.8, 4) is 5.75 Å². The van der Waals surface area contributed by atoms with Crippen LogP contribution >= 0.6 is 0 Å². The standard InChI is InChI=1S/C30H37N5O6/c1-34-16-17-41-25-7-3-2-6-23(25)29(39)33-24(18-26(36)31-14-4-8-27(34)37)30(40)32-19-21-10-12-22(13-11-21)20-35-15-5-9-28(35)38/h2-3,6-7,10-13,24H,4-5,8-9,14-20H2,1H3,(H,31,36)(H,32,40)(H,33,39)/t24-/m0/s1. The van der Waals surface area contributed by atoms with Gasteiger partial charge in [0.05, 0.1) is 18.5 Å². The van der Waals surface area contributed by atoms with E-state index in [1.54, 1.807) is 36.2 Å². The van der Waals surface area contributed by atoms with E-state index in [0.29, 0.717) is 31.7 Å². The van der Waals surface area contributed by atoms with Crippen molar-refractivity contribution in [3.05, 3.63) is 65.2 Å². The van der Waals surface area contributed by atoms with Crippen molar-refractivity contribution in [2.75, 3.05) is 33.3 Å². The quantitative estimate of drug-likeness (QED) is 0.503. The van der Waals surface area contributed by atoms with Crippen LogP contribution in [0.1, 0.15) is 53.6 Å². The van der Waals surface area contributed by atoms with Gasteiger partial charge in [-0.3, -0.25) is 24.0 Å². The molecule has 0 bridgehead atoms. The van der Waals surface area contributed by atoms with Crippen LogP contribution in [0.5, 0.6) is 5.75 Å². The SMILES string of the molecule is CN1CCOc2ccccc2C(=O)N[C@H](C(=O)NCc2ccc(CN3CCCC3=O)cc2)CC(=O)NCCCC1=O. The van der Waals surface area contributed by atoms with Gasteiger partial charge >= 0.3 is 0 Å². The van der Waals surface area contributed by atoms with Gasteiger partial charge in [-0.1, -0.05) is 36.4 Å². The molecule has 2 aliphatic rings. The van der Waals surface area contributed by atoms with E-state index >= 15 is 0 Å². The van der Waals surface area contributed by atoms with Crippen molar-refractivity contribution in [1.82, 2.24) is 25.8 Å². The molecule has 1 saturated heterocycles. The van der Waals surface area contributed by atoms with E-state index in [4.69, 9.17) is 4.74 Å². The van der Waals surface area contributed by atoms with Crippen LogP contribution in [0.4, 0.5) is 0 Å². The molecule has 11 nitrogen and oxygen atoms in total. The van der Waals surface area contributed by atoms with Gasteiger partial charge in [-0.15, -0.1) is 0 Å². The first-order chi connectivity index (χ1) is 19.8. The second-order valence-electron chi connectivity index (χ2n) is 10.3. The van der Waals surface area contributed by atoms with Crippen LogP contribution in [0.15, 0.2) is 48.5 Å². The van der Waals surface area contributed by atoms with Crippen LogP contribution in [-0.2, 0) is 32.3 Å². The molecule has 41 heavy (non-hydrogen) atoms. The molecule has 0 spiro atoms. The molecule has 0 unspecified atom stereocenters. The number of ether oxygens (including phenoxy) is 1. The number of carbonyl (C=O) groups excluding carboxylic acids is 5. The fraction of sp³-hybridized carbons (Fsp3) is 0.433. The number of likely N-dealkylation sites (tertiary alicyclic amines) is 1. The van der Waals surface area contributed by atoms with Gasteiger partial charge in [-0.25, -0.2) is 0 Å². The lowest BCUT2D eigenvalue weighted by Gasteiger charge is -2.21. The van der Waals surface area contributed by atoms with Gasteiger partial charge in [0.1, 0.15) is 18.4 Å². The summed E-state index contributed by atoms with van der Waals surface area (Å²) in [5, 5.41) is 8.25. The molecule has 218 valence electrons. The molecule has 2 heterocycles. The summed E-state index contributed by atoms with van der Waals surface area (Å²) in [7, 11) is 1.68. The molecule has 0 aliphatic carbocycles.